The first-order valence-electron chi connectivity index (χ1n) is 8.53. The van der Waals surface area contributed by atoms with Gasteiger partial charge in [0.05, 0.1) is 12.1 Å². The molecule has 1 rings (SSSR count). The van der Waals surface area contributed by atoms with Gasteiger partial charge in [-0.15, -0.1) is 0 Å². The third-order valence-electron chi connectivity index (χ3n) is 3.85. The number of benzene rings is 1. The number of nitrogens with one attached hydrogen (secondary N) is 2. The van der Waals surface area contributed by atoms with Gasteiger partial charge >= 0.3 is 0 Å². The molecule has 7 nitrogen and oxygen atoms in total. The summed E-state index contributed by atoms with van der Waals surface area (Å²) in [6.45, 7) is 2.12. The van der Waals surface area contributed by atoms with Gasteiger partial charge in [-0.3, -0.25) is 9.59 Å². The van der Waals surface area contributed by atoms with E-state index < -0.39 is 24.0 Å². The second kappa shape index (κ2) is 11.3. The molecular weight excluding hydrogens is 320 g/mol. The number of aldehydes is 1. The van der Waals surface area contributed by atoms with Crippen LogP contribution in [0.5, 0.6) is 0 Å². The summed E-state index contributed by atoms with van der Waals surface area (Å²) in [7, 11) is 0. The van der Waals surface area contributed by atoms with Crippen LogP contribution < -0.4 is 22.1 Å². The largest absolute Gasteiger partial charge is 0.344 e. The molecule has 0 aliphatic heterocycles. The Morgan fingerprint density at radius 2 is 1.80 bits per heavy atom. The highest BCUT2D eigenvalue weighted by Gasteiger charge is 2.21. The van der Waals surface area contributed by atoms with Crippen molar-refractivity contribution in [1.29, 1.82) is 0 Å². The van der Waals surface area contributed by atoms with Crippen molar-refractivity contribution >= 4 is 18.1 Å². The quantitative estimate of drug-likeness (QED) is 0.327. The summed E-state index contributed by atoms with van der Waals surface area (Å²) in [6.07, 6.45) is 3.17. The first-order valence-corrected chi connectivity index (χ1v) is 8.53. The normalized spacial score (nSPS) is 14.2. The summed E-state index contributed by atoms with van der Waals surface area (Å²) in [4.78, 5) is 35.4. The van der Waals surface area contributed by atoms with Crippen LogP contribution in [0.4, 0.5) is 0 Å². The number of rotatable bonds is 11. The number of carbonyl (C=O) groups is 3. The summed E-state index contributed by atoms with van der Waals surface area (Å²) in [5.41, 5.74) is 12.1. The summed E-state index contributed by atoms with van der Waals surface area (Å²) in [5.74, 6) is -0.805. The highest BCUT2D eigenvalue weighted by molar-refractivity contribution is 5.90. The number of hydrogen-bond donors (Lipinski definition) is 4. The summed E-state index contributed by atoms with van der Waals surface area (Å²) < 4.78 is 0. The van der Waals surface area contributed by atoms with Gasteiger partial charge in [-0.1, -0.05) is 36.8 Å². The van der Waals surface area contributed by atoms with Crippen LogP contribution in [0.15, 0.2) is 30.3 Å². The van der Waals surface area contributed by atoms with Crippen molar-refractivity contribution in [3.05, 3.63) is 35.9 Å². The Labute approximate surface area is 148 Å². The van der Waals surface area contributed by atoms with Crippen LogP contribution >= 0.6 is 0 Å². The molecule has 0 aliphatic rings. The van der Waals surface area contributed by atoms with E-state index in [0.29, 0.717) is 25.7 Å². The molecule has 0 radical (unpaired) electrons. The Morgan fingerprint density at radius 1 is 1.12 bits per heavy atom. The number of amides is 2. The molecule has 1 aromatic carbocycles. The van der Waals surface area contributed by atoms with Crippen molar-refractivity contribution in [3.8, 4) is 0 Å². The Balaban J connectivity index is 2.46. The molecule has 0 saturated carbocycles. The van der Waals surface area contributed by atoms with E-state index >= 15 is 0 Å². The Hall–Kier alpha value is -2.25. The number of carbonyl (C=O) groups excluding carboxylic acids is 3. The maximum absolute atomic E-state index is 12.2. The molecule has 0 bridgehead atoms. The predicted octanol–water partition coefficient (Wildman–Crippen LogP) is -0.126. The third kappa shape index (κ3) is 7.91. The molecule has 25 heavy (non-hydrogen) atoms. The van der Waals surface area contributed by atoms with E-state index in [2.05, 4.69) is 10.6 Å². The molecule has 0 unspecified atom stereocenters. The van der Waals surface area contributed by atoms with Crippen molar-refractivity contribution in [2.24, 2.45) is 11.5 Å². The van der Waals surface area contributed by atoms with E-state index in [4.69, 9.17) is 11.5 Å². The molecular formula is C18H28N4O3. The molecule has 7 heteroatoms. The molecule has 2 amide bonds. The van der Waals surface area contributed by atoms with Crippen LogP contribution in [0.25, 0.3) is 0 Å². The summed E-state index contributed by atoms with van der Waals surface area (Å²) >= 11 is 0. The maximum atomic E-state index is 12.2. The minimum Gasteiger partial charge on any atom is -0.344 e. The second-order valence-corrected chi connectivity index (χ2v) is 6.06. The molecule has 0 heterocycles. The molecule has 0 fully saturated rings. The number of unbranched alkanes of at least 4 members (excludes halogenated alkanes) is 1. The molecule has 1 aromatic rings. The van der Waals surface area contributed by atoms with Crippen LogP contribution in [-0.4, -0.2) is 42.8 Å². The van der Waals surface area contributed by atoms with Gasteiger partial charge in [0.1, 0.15) is 12.3 Å². The topological polar surface area (TPSA) is 127 Å². The molecule has 3 atom stereocenters. The average Bonchev–Trinajstić information content (AvgIpc) is 2.61. The highest BCUT2D eigenvalue weighted by atomic mass is 16.2. The zero-order chi connectivity index (χ0) is 18.7. The first-order chi connectivity index (χ1) is 12.0. The van der Waals surface area contributed by atoms with Gasteiger partial charge in [0.25, 0.3) is 0 Å². The zero-order valence-electron chi connectivity index (χ0n) is 14.6. The average molecular weight is 348 g/mol. The van der Waals surface area contributed by atoms with Crippen molar-refractivity contribution in [2.75, 3.05) is 6.54 Å². The minimum atomic E-state index is -0.772. The molecule has 0 spiro atoms. The van der Waals surface area contributed by atoms with Gasteiger partial charge in [0.2, 0.25) is 11.8 Å². The SMILES string of the molecule is C[C@H](NC(=O)[C@@H](N)CCCCN)C(=O)N[C@H](C=O)Cc1ccccc1. The molecule has 138 valence electrons. The lowest BCUT2D eigenvalue weighted by Gasteiger charge is -2.19. The third-order valence-corrected chi connectivity index (χ3v) is 3.85. The van der Waals surface area contributed by atoms with Crippen molar-refractivity contribution in [1.82, 2.24) is 10.6 Å². The van der Waals surface area contributed by atoms with Crippen LogP contribution in [0.1, 0.15) is 31.7 Å². The summed E-state index contributed by atoms with van der Waals surface area (Å²) in [5, 5.41) is 5.21. The molecule has 6 N–H and O–H groups in total. The van der Waals surface area contributed by atoms with E-state index in [1.165, 1.54) is 0 Å². The van der Waals surface area contributed by atoms with Gasteiger partial charge in [0, 0.05) is 0 Å². The molecule has 0 aliphatic carbocycles. The Bertz CT molecular complexity index is 551. The predicted molar refractivity (Wildman–Crippen MR) is 96.6 cm³/mol. The monoisotopic (exact) mass is 348 g/mol. The van der Waals surface area contributed by atoms with Crippen LogP contribution in [0.3, 0.4) is 0 Å². The van der Waals surface area contributed by atoms with E-state index in [0.717, 1.165) is 18.4 Å². The van der Waals surface area contributed by atoms with Crippen molar-refractivity contribution in [3.63, 3.8) is 0 Å². The lowest BCUT2D eigenvalue weighted by molar-refractivity contribution is -0.130. The standard InChI is InChI=1S/C18H28N4O3/c1-13(21-18(25)16(20)9-5-6-10-19)17(24)22-15(12-23)11-14-7-3-2-4-8-14/h2-4,7-8,12-13,15-16H,5-6,9-11,19-20H2,1H3,(H,21,25)(H,22,24)/t13-,15-,16-/m0/s1. The molecule has 0 saturated heterocycles. The van der Waals surface area contributed by atoms with Gasteiger partial charge in [-0.2, -0.15) is 0 Å². The van der Waals surface area contributed by atoms with Crippen molar-refractivity contribution in [2.45, 2.75) is 50.7 Å². The maximum Gasteiger partial charge on any atom is 0.242 e. The van der Waals surface area contributed by atoms with Gasteiger partial charge in [-0.05, 0) is 38.3 Å². The first kappa shape index (κ1) is 20.8. The van der Waals surface area contributed by atoms with Gasteiger partial charge in [-0.25, -0.2) is 0 Å². The van der Waals surface area contributed by atoms with E-state index in [1.807, 2.05) is 30.3 Å². The summed E-state index contributed by atoms with van der Waals surface area (Å²) in [6, 6.07) is 7.29. The van der Waals surface area contributed by atoms with Crippen LogP contribution in [-0.2, 0) is 20.8 Å². The van der Waals surface area contributed by atoms with Crippen molar-refractivity contribution < 1.29 is 14.4 Å². The van der Waals surface area contributed by atoms with Crippen LogP contribution in [0, 0.1) is 0 Å². The number of nitrogens with two attached hydrogens (primary N) is 2. The van der Waals surface area contributed by atoms with Crippen LogP contribution in [0.2, 0.25) is 0 Å². The lowest BCUT2D eigenvalue weighted by Crippen LogP contribution is -2.52. The van der Waals surface area contributed by atoms with E-state index in [1.54, 1.807) is 6.92 Å². The Morgan fingerprint density at radius 3 is 2.40 bits per heavy atom. The van der Waals surface area contributed by atoms with E-state index in [-0.39, 0.29) is 5.91 Å². The highest BCUT2D eigenvalue weighted by Crippen LogP contribution is 2.03. The minimum absolute atomic E-state index is 0.384. The zero-order valence-corrected chi connectivity index (χ0v) is 14.6. The fourth-order valence-corrected chi connectivity index (χ4v) is 2.33. The van der Waals surface area contributed by atoms with Gasteiger partial charge in [0.15, 0.2) is 0 Å². The Kier molecular flexibility index (Phi) is 9.42. The lowest BCUT2D eigenvalue weighted by atomic mass is 10.1. The van der Waals surface area contributed by atoms with E-state index in [9.17, 15) is 14.4 Å². The second-order valence-electron chi connectivity index (χ2n) is 6.06. The molecule has 0 aromatic heterocycles. The number of hydrogen-bond acceptors (Lipinski definition) is 5. The smallest absolute Gasteiger partial charge is 0.242 e. The fourth-order valence-electron chi connectivity index (χ4n) is 2.33. The fraction of sp³-hybridized carbons (Fsp3) is 0.500. The van der Waals surface area contributed by atoms with Gasteiger partial charge < -0.3 is 26.9 Å².